The van der Waals surface area contributed by atoms with Crippen LogP contribution in [0.25, 0.3) is 0 Å². The maximum atomic E-state index is 11.2. The van der Waals surface area contributed by atoms with Crippen molar-refractivity contribution in [3.8, 4) is 11.6 Å². The fourth-order valence-corrected chi connectivity index (χ4v) is 2.31. The third-order valence-corrected chi connectivity index (χ3v) is 3.29. The minimum Gasteiger partial charge on any atom is -0.375 e. The van der Waals surface area contributed by atoms with Gasteiger partial charge in [0.05, 0.1) is 24.8 Å². The molecule has 0 aromatic carbocycles. The van der Waals surface area contributed by atoms with Crippen LogP contribution in [0, 0.1) is 0 Å². The number of rotatable bonds is 5. The van der Waals surface area contributed by atoms with Gasteiger partial charge in [0.25, 0.3) is 5.88 Å². The van der Waals surface area contributed by atoms with Gasteiger partial charge >= 0.3 is 20.2 Å². The monoisotopic (exact) mass is 323 g/mol. The van der Waals surface area contributed by atoms with Gasteiger partial charge < -0.3 is 13.7 Å². The van der Waals surface area contributed by atoms with Crippen molar-refractivity contribution in [2.75, 3.05) is 19.1 Å². The first-order valence-corrected chi connectivity index (χ1v) is 9.16. The molecule has 9 nitrogen and oxygen atoms in total. The molecule has 1 atom stereocenters. The Morgan fingerprint density at radius 2 is 1.80 bits per heavy atom. The second kappa shape index (κ2) is 5.14. The normalized spacial score (nSPS) is 19.2. The third-order valence-electron chi connectivity index (χ3n) is 2.35. The lowest BCUT2D eigenvalue weighted by molar-refractivity contribution is 0.359. The first-order valence-electron chi connectivity index (χ1n) is 5.53. The van der Waals surface area contributed by atoms with E-state index in [1.807, 2.05) is 0 Å². The zero-order valence-electron chi connectivity index (χ0n) is 10.7. The van der Waals surface area contributed by atoms with Gasteiger partial charge in [-0.15, -0.1) is 0 Å². The van der Waals surface area contributed by atoms with E-state index in [1.165, 1.54) is 0 Å². The first kappa shape index (κ1) is 14.9. The highest BCUT2D eigenvalue weighted by atomic mass is 32.2. The van der Waals surface area contributed by atoms with E-state index in [0.29, 0.717) is 5.82 Å². The molecule has 112 valence electrons. The Labute approximate surface area is 116 Å². The van der Waals surface area contributed by atoms with E-state index in [1.54, 1.807) is 0 Å². The van der Waals surface area contributed by atoms with Crippen LogP contribution in [-0.2, 0) is 20.2 Å². The van der Waals surface area contributed by atoms with Gasteiger partial charge in [0.2, 0.25) is 5.75 Å². The summed E-state index contributed by atoms with van der Waals surface area (Å²) in [7, 11) is -7.72. The van der Waals surface area contributed by atoms with E-state index < -0.39 is 26.1 Å². The van der Waals surface area contributed by atoms with Gasteiger partial charge in [-0.3, -0.25) is 0 Å². The highest BCUT2D eigenvalue weighted by molar-refractivity contribution is 7.86. The zero-order valence-corrected chi connectivity index (χ0v) is 12.4. The summed E-state index contributed by atoms with van der Waals surface area (Å²) >= 11 is 0. The Kier molecular flexibility index (Phi) is 3.84. The predicted molar refractivity (Wildman–Crippen MR) is 68.3 cm³/mol. The Bertz CT molecular complexity index is 711. The van der Waals surface area contributed by atoms with E-state index in [9.17, 15) is 16.8 Å². The maximum Gasteiger partial charge on any atom is 0.307 e. The largest absolute Gasteiger partial charge is 0.375 e. The molecule has 0 aliphatic carbocycles. The van der Waals surface area contributed by atoms with Crippen molar-refractivity contribution in [3.63, 3.8) is 0 Å². The fourth-order valence-electron chi connectivity index (χ4n) is 1.47. The average Bonchev–Trinajstić information content (AvgIpc) is 2.15. The molecule has 1 aliphatic rings. The molecular weight excluding hydrogens is 310 g/mol. The summed E-state index contributed by atoms with van der Waals surface area (Å²) < 4.78 is 53.8. The van der Waals surface area contributed by atoms with Gasteiger partial charge in [-0.1, -0.05) is 0 Å². The minimum atomic E-state index is -3.87. The van der Waals surface area contributed by atoms with Gasteiger partial charge in [0.15, 0.2) is 0 Å². The van der Waals surface area contributed by atoms with Gasteiger partial charge in [-0.25, -0.2) is 4.98 Å². The van der Waals surface area contributed by atoms with Crippen LogP contribution in [0.4, 0.5) is 0 Å². The summed E-state index contributed by atoms with van der Waals surface area (Å²) in [6, 6.07) is -0.107. The van der Waals surface area contributed by atoms with Crippen LogP contribution in [0.3, 0.4) is 0 Å². The zero-order chi connectivity index (χ0) is 15.0. The number of hydrogen-bond acceptors (Lipinski definition) is 9. The molecule has 1 unspecified atom stereocenters. The van der Waals surface area contributed by atoms with Gasteiger partial charge in [-0.05, 0) is 13.0 Å². The average molecular weight is 323 g/mol. The molecule has 1 aromatic rings. The molecule has 1 N–H and O–H groups in total. The van der Waals surface area contributed by atoms with E-state index in [2.05, 4.69) is 23.7 Å². The summed E-state index contributed by atoms with van der Waals surface area (Å²) in [6.07, 6.45) is 3.51. The van der Waals surface area contributed by atoms with E-state index in [-0.39, 0.29) is 11.8 Å². The smallest absolute Gasteiger partial charge is 0.307 e. The lowest BCUT2D eigenvalue weighted by Crippen LogP contribution is -2.36. The lowest BCUT2D eigenvalue weighted by Gasteiger charge is -2.26. The number of hydrogen-bond donors (Lipinski definition) is 1. The van der Waals surface area contributed by atoms with Crippen molar-refractivity contribution in [2.45, 2.75) is 12.5 Å². The second-order valence-corrected chi connectivity index (χ2v) is 7.42. The molecule has 0 saturated carbocycles. The SMILES string of the molecule is CS(=O)(=O)Oc1cnc(C2CCN2)nc1OS(C)(=O)=O. The van der Waals surface area contributed by atoms with Crippen LogP contribution in [-0.4, -0.2) is 45.9 Å². The third kappa shape index (κ3) is 4.02. The van der Waals surface area contributed by atoms with Gasteiger partial charge in [-0.2, -0.15) is 21.8 Å². The summed E-state index contributed by atoms with van der Waals surface area (Å²) in [5, 5.41) is 3.03. The molecule has 0 bridgehead atoms. The van der Waals surface area contributed by atoms with E-state index in [4.69, 9.17) is 0 Å². The second-order valence-electron chi connectivity index (χ2n) is 4.27. The van der Waals surface area contributed by atoms with Crippen molar-refractivity contribution in [3.05, 3.63) is 12.0 Å². The molecule has 0 radical (unpaired) electrons. The molecule has 2 rings (SSSR count). The summed E-state index contributed by atoms with van der Waals surface area (Å²) in [5.41, 5.74) is 0. The summed E-state index contributed by atoms with van der Waals surface area (Å²) in [6.45, 7) is 0.803. The summed E-state index contributed by atoms with van der Waals surface area (Å²) in [5.74, 6) is -0.506. The Morgan fingerprint density at radius 1 is 1.20 bits per heavy atom. The highest BCUT2D eigenvalue weighted by Crippen LogP contribution is 2.29. The molecule has 1 aliphatic heterocycles. The predicted octanol–water partition coefficient (Wildman–Crippen LogP) is -0.812. The van der Waals surface area contributed by atoms with Gasteiger partial charge in [0, 0.05) is 0 Å². The molecule has 1 fully saturated rings. The van der Waals surface area contributed by atoms with Crippen LogP contribution in [0.15, 0.2) is 6.20 Å². The molecule has 20 heavy (non-hydrogen) atoms. The van der Waals surface area contributed by atoms with E-state index in [0.717, 1.165) is 31.7 Å². The fraction of sp³-hybridized carbons (Fsp3) is 0.556. The van der Waals surface area contributed by atoms with Crippen molar-refractivity contribution in [1.82, 2.24) is 15.3 Å². The topological polar surface area (TPSA) is 125 Å². The molecule has 1 aromatic heterocycles. The van der Waals surface area contributed by atoms with Crippen LogP contribution in [0.2, 0.25) is 0 Å². The number of nitrogens with zero attached hydrogens (tertiary/aromatic N) is 2. The van der Waals surface area contributed by atoms with Crippen molar-refractivity contribution in [1.29, 1.82) is 0 Å². The molecule has 2 heterocycles. The van der Waals surface area contributed by atoms with Crippen LogP contribution in [0.5, 0.6) is 11.6 Å². The van der Waals surface area contributed by atoms with Crippen LogP contribution in [0.1, 0.15) is 18.3 Å². The molecule has 0 amide bonds. The number of aromatic nitrogens is 2. The lowest BCUT2D eigenvalue weighted by atomic mass is 10.1. The van der Waals surface area contributed by atoms with Gasteiger partial charge in [0.1, 0.15) is 5.82 Å². The van der Waals surface area contributed by atoms with Crippen LogP contribution < -0.4 is 13.7 Å². The first-order chi connectivity index (χ1) is 9.14. The maximum absolute atomic E-state index is 11.2. The highest BCUT2D eigenvalue weighted by Gasteiger charge is 2.25. The van der Waals surface area contributed by atoms with Crippen LogP contribution >= 0.6 is 0 Å². The minimum absolute atomic E-state index is 0.107. The quantitative estimate of drug-likeness (QED) is 0.692. The van der Waals surface area contributed by atoms with Crippen molar-refractivity contribution >= 4 is 20.2 Å². The standard InChI is InChI=1S/C9H13N3O6S2/c1-19(13,14)17-7-5-11-8(6-3-4-10-6)12-9(7)18-20(2,15)16/h5-6,10H,3-4H2,1-2H3. The van der Waals surface area contributed by atoms with E-state index >= 15 is 0 Å². The molecule has 0 spiro atoms. The molecular formula is C9H13N3O6S2. The number of nitrogens with one attached hydrogen (secondary N) is 1. The summed E-state index contributed by atoms with van der Waals surface area (Å²) in [4.78, 5) is 7.84. The Hall–Kier alpha value is -1.46. The van der Waals surface area contributed by atoms with Crippen molar-refractivity contribution in [2.24, 2.45) is 0 Å². The Morgan fingerprint density at radius 3 is 2.25 bits per heavy atom. The van der Waals surface area contributed by atoms with Crippen molar-refractivity contribution < 1.29 is 25.2 Å². The molecule has 1 saturated heterocycles. The Balaban J connectivity index is 2.39. The molecule has 11 heteroatoms.